The highest BCUT2D eigenvalue weighted by atomic mass is 16.4. The number of hydrogen-bond acceptors (Lipinski definition) is 3. The van der Waals surface area contributed by atoms with E-state index < -0.39 is 5.97 Å². The molecule has 0 saturated carbocycles. The fourth-order valence-corrected chi connectivity index (χ4v) is 3.84. The van der Waals surface area contributed by atoms with E-state index in [0.717, 1.165) is 19.5 Å². The van der Waals surface area contributed by atoms with Gasteiger partial charge in [-0.1, -0.05) is 20.3 Å². The number of hydrogen-bond donors (Lipinski definition) is 1. The van der Waals surface area contributed by atoms with Crippen molar-refractivity contribution < 1.29 is 9.90 Å². The molecule has 0 aromatic heterocycles. The molecule has 2 bridgehead atoms. The van der Waals surface area contributed by atoms with Gasteiger partial charge in [-0.05, 0) is 26.2 Å². The molecule has 4 nitrogen and oxygen atoms in total. The first-order valence-corrected chi connectivity index (χ1v) is 7.22. The molecule has 18 heavy (non-hydrogen) atoms. The fourth-order valence-electron chi connectivity index (χ4n) is 3.84. The number of piperazine rings is 1. The Morgan fingerprint density at radius 2 is 2.06 bits per heavy atom. The maximum Gasteiger partial charge on any atom is 0.317 e. The summed E-state index contributed by atoms with van der Waals surface area (Å²) in [5.74, 6) is -0.694. The van der Waals surface area contributed by atoms with Crippen molar-refractivity contribution in [2.45, 2.75) is 64.1 Å². The molecule has 0 aliphatic carbocycles. The first-order valence-electron chi connectivity index (χ1n) is 7.22. The summed E-state index contributed by atoms with van der Waals surface area (Å²) in [6, 6.07) is 1.04. The maximum absolute atomic E-state index is 10.8. The van der Waals surface area contributed by atoms with Gasteiger partial charge in [-0.25, -0.2) is 0 Å². The Morgan fingerprint density at radius 3 is 2.50 bits per heavy atom. The van der Waals surface area contributed by atoms with Gasteiger partial charge in [0, 0.05) is 30.7 Å². The molecule has 0 radical (unpaired) electrons. The van der Waals surface area contributed by atoms with Crippen molar-refractivity contribution in [1.82, 2.24) is 9.80 Å². The minimum atomic E-state index is -0.694. The van der Waals surface area contributed by atoms with Crippen molar-refractivity contribution in [2.24, 2.45) is 0 Å². The van der Waals surface area contributed by atoms with Crippen LogP contribution in [0, 0.1) is 0 Å². The predicted molar refractivity (Wildman–Crippen MR) is 71.7 cm³/mol. The summed E-state index contributed by atoms with van der Waals surface area (Å²) in [5, 5.41) is 8.90. The van der Waals surface area contributed by atoms with Crippen LogP contribution in [-0.4, -0.2) is 58.1 Å². The number of carbonyl (C=O) groups is 1. The van der Waals surface area contributed by atoms with Gasteiger partial charge in [0.05, 0.1) is 6.54 Å². The molecule has 0 spiro atoms. The van der Waals surface area contributed by atoms with Crippen molar-refractivity contribution in [1.29, 1.82) is 0 Å². The molecule has 2 heterocycles. The van der Waals surface area contributed by atoms with Gasteiger partial charge in [0.25, 0.3) is 0 Å². The molecule has 3 unspecified atom stereocenters. The summed E-state index contributed by atoms with van der Waals surface area (Å²) >= 11 is 0. The van der Waals surface area contributed by atoms with Crippen LogP contribution in [0.25, 0.3) is 0 Å². The smallest absolute Gasteiger partial charge is 0.317 e. The summed E-state index contributed by atoms with van der Waals surface area (Å²) in [6.45, 7) is 9.11. The van der Waals surface area contributed by atoms with Gasteiger partial charge in [-0.2, -0.15) is 0 Å². The maximum atomic E-state index is 10.8. The summed E-state index contributed by atoms with van der Waals surface area (Å²) in [7, 11) is 0. The Balaban J connectivity index is 1.99. The van der Waals surface area contributed by atoms with Crippen LogP contribution in [-0.2, 0) is 4.79 Å². The third-order valence-electron chi connectivity index (χ3n) is 4.94. The fraction of sp³-hybridized carbons (Fsp3) is 0.929. The molecule has 2 rings (SSSR count). The van der Waals surface area contributed by atoms with Crippen molar-refractivity contribution in [3.8, 4) is 0 Å². The molecule has 2 aliphatic rings. The number of carboxylic acids is 1. The zero-order chi connectivity index (χ0) is 13.3. The average molecular weight is 254 g/mol. The van der Waals surface area contributed by atoms with Gasteiger partial charge in [0.1, 0.15) is 0 Å². The number of aliphatic carboxylic acids is 1. The van der Waals surface area contributed by atoms with E-state index in [2.05, 4.69) is 30.6 Å². The topological polar surface area (TPSA) is 43.8 Å². The number of rotatable bonds is 6. The van der Waals surface area contributed by atoms with Crippen LogP contribution in [0.2, 0.25) is 0 Å². The summed E-state index contributed by atoms with van der Waals surface area (Å²) in [6.07, 6.45) is 4.80. The minimum absolute atomic E-state index is 0.214. The van der Waals surface area contributed by atoms with Gasteiger partial charge in [0.2, 0.25) is 0 Å². The molecule has 3 atom stereocenters. The molecule has 2 saturated heterocycles. The summed E-state index contributed by atoms with van der Waals surface area (Å²) < 4.78 is 0. The van der Waals surface area contributed by atoms with Crippen molar-refractivity contribution >= 4 is 5.97 Å². The first-order chi connectivity index (χ1) is 8.50. The second kappa shape index (κ2) is 5.17. The molecule has 2 fully saturated rings. The van der Waals surface area contributed by atoms with E-state index in [1.54, 1.807) is 0 Å². The summed E-state index contributed by atoms with van der Waals surface area (Å²) in [5.41, 5.74) is 0.309. The predicted octanol–water partition coefficient (Wildman–Crippen LogP) is 1.80. The molecular weight excluding hydrogens is 228 g/mol. The Labute approximate surface area is 110 Å². The average Bonchev–Trinajstić information content (AvgIpc) is 2.87. The third-order valence-corrected chi connectivity index (χ3v) is 4.94. The Bertz CT molecular complexity index is 321. The highest BCUT2D eigenvalue weighted by Crippen LogP contribution is 2.38. The molecule has 4 heteroatoms. The van der Waals surface area contributed by atoms with E-state index in [1.165, 1.54) is 19.3 Å². The van der Waals surface area contributed by atoms with Gasteiger partial charge in [-0.3, -0.25) is 14.6 Å². The molecule has 0 aromatic rings. The minimum Gasteiger partial charge on any atom is -0.480 e. The van der Waals surface area contributed by atoms with Crippen LogP contribution in [0.1, 0.15) is 46.5 Å². The van der Waals surface area contributed by atoms with Crippen molar-refractivity contribution in [3.05, 3.63) is 0 Å². The molecule has 2 aliphatic heterocycles. The van der Waals surface area contributed by atoms with Crippen LogP contribution in [0.3, 0.4) is 0 Å². The van der Waals surface area contributed by atoms with E-state index in [0.29, 0.717) is 17.6 Å². The van der Waals surface area contributed by atoms with Gasteiger partial charge >= 0.3 is 5.97 Å². The highest BCUT2D eigenvalue weighted by Gasteiger charge is 2.48. The number of fused-ring (bicyclic) bond motifs is 2. The van der Waals surface area contributed by atoms with Crippen LogP contribution >= 0.6 is 0 Å². The van der Waals surface area contributed by atoms with E-state index in [4.69, 9.17) is 5.11 Å². The van der Waals surface area contributed by atoms with E-state index in [-0.39, 0.29) is 6.54 Å². The summed E-state index contributed by atoms with van der Waals surface area (Å²) in [4.78, 5) is 15.6. The quantitative estimate of drug-likeness (QED) is 0.785. The Morgan fingerprint density at radius 1 is 1.33 bits per heavy atom. The largest absolute Gasteiger partial charge is 0.480 e. The Hall–Kier alpha value is -0.610. The second-order valence-electron chi connectivity index (χ2n) is 6.12. The van der Waals surface area contributed by atoms with Crippen molar-refractivity contribution in [3.63, 3.8) is 0 Å². The number of nitrogens with zero attached hydrogens (tertiary/aromatic N) is 2. The zero-order valence-corrected chi connectivity index (χ0v) is 11.9. The molecular formula is C14H26N2O2. The number of carboxylic acid groups (broad SMARTS) is 1. The molecule has 0 aromatic carbocycles. The van der Waals surface area contributed by atoms with E-state index in [9.17, 15) is 4.79 Å². The van der Waals surface area contributed by atoms with E-state index in [1.807, 2.05) is 0 Å². The molecule has 1 N–H and O–H groups in total. The van der Waals surface area contributed by atoms with Gasteiger partial charge in [-0.15, -0.1) is 0 Å². The lowest BCUT2D eigenvalue weighted by atomic mass is 9.90. The number of likely N-dealkylation sites (tertiary alicyclic amines) is 2. The lowest BCUT2D eigenvalue weighted by molar-refractivity contribution is -0.139. The van der Waals surface area contributed by atoms with Crippen LogP contribution in [0.4, 0.5) is 0 Å². The van der Waals surface area contributed by atoms with Crippen LogP contribution in [0.5, 0.6) is 0 Å². The van der Waals surface area contributed by atoms with Crippen LogP contribution < -0.4 is 0 Å². The van der Waals surface area contributed by atoms with Crippen LogP contribution in [0.15, 0.2) is 0 Å². The Kier molecular flexibility index (Phi) is 3.97. The standard InChI is InChI=1S/C14H26N2O2/c1-4-6-14(3,5-2)16-9-11-7-12(16)8-15(11)10-13(17)18/h11-12H,4-10H2,1-3H3,(H,17,18). The first kappa shape index (κ1) is 13.8. The highest BCUT2D eigenvalue weighted by molar-refractivity contribution is 5.69. The third kappa shape index (κ3) is 2.41. The van der Waals surface area contributed by atoms with Gasteiger partial charge in [0.15, 0.2) is 0 Å². The van der Waals surface area contributed by atoms with Crippen molar-refractivity contribution in [2.75, 3.05) is 19.6 Å². The SMILES string of the molecule is CCCC(C)(CC)N1CC2CC1CN2CC(=O)O. The zero-order valence-electron chi connectivity index (χ0n) is 11.9. The van der Waals surface area contributed by atoms with E-state index >= 15 is 0 Å². The lowest BCUT2D eigenvalue weighted by Gasteiger charge is -2.45. The second-order valence-corrected chi connectivity index (χ2v) is 6.12. The lowest BCUT2D eigenvalue weighted by Crippen LogP contribution is -2.56. The van der Waals surface area contributed by atoms with Gasteiger partial charge < -0.3 is 5.11 Å². The normalized spacial score (nSPS) is 31.7. The molecule has 0 amide bonds. The monoisotopic (exact) mass is 254 g/mol. The molecule has 104 valence electrons.